The molecule has 2 aliphatic rings. The van der Waals surface area contributed by atoms with Crippen molar-refractivity contribution in [1.82, 2.24) is 10.2 Å². The van der Waals surface area contributed by atoms with Crippen LogP contribution in [-0.4, -0.2) is 41.6 Å². The van der Waals surface area contributed by atoms with Gasteiger partial charge < -0.3 is 15.0 Å². The number of rotatable bonds is 5. The molecular formula is C23H35BrN2O3S. The Morgan fingerprint density at radius 3 is 2.40 bits per heavy atom. The molecule has 0 aromatic carbocycles. The third-order valence-electron chi connectivity index (χ3n) is 6.19. The van der Waals surface area contributed by atoms with Gasteiger partial charge in [-0.05, 0) is 92.8 Å². The van der Waals surface area contributed by atoms with Gasteiger partial charge in [-0.25, -0.2) is 4.79 Å². The molecule has 1 saturated carbocycles. The molecular weight excluding hydrogens is 464 g/mol. The van der Waals surface area contributed by atoms with Crippen LogP contribution in [0.3, 0.4) is 0 Å². The van der Waals surface area contributed by atoms with Gasteiger partial charge in [-0.2, -0.15) is 0 Å². The SMILES string of the molecule is CC(C)(C)OC(=O)N1CCC(CC(NC(=O)c2ccc(Br)s2)C2CCCCC2)CC1. The predicted molar refractivity (Wildman–Crippen MR) is 125 cm³/mol. The molecule has 1 N–H and O–H groups in total. The van der Waals surface area contributed by atoms with Gasteiger partial charge in [-0.15, -0.1) is 11.3 Å². The summed E-state index contributed by atoms with van der Waals surface area (Å²) in [5.41, 5.74) is -0.457. The Hall–Kier alpha value is -1.08. The molecule has 2 fully saturated rings. The normalized spacial score (nSPS) is 20.1. The van der Waals surface area contributed by atoms with Crippen LogP contribution in [0.15, 0.2) is 15.9 Å². The van der Waals surface area contributed by atoms with E-state index >= 15 is 0 Å². The Morgan fingerprint density at radius 2 is 1.83 bits per heavy atom. The first-order valence-electron chi connectivity index (χ1n) is 11.3. The lowest BCUT2D eigenvalue weighted by Crippen LogP contribution is -2.45. The summed E-state index contributed by atoms with van der Waals surface area (Å²) in [5, 5.41) is 3.37. The zero-order valence-electron chi connectivity index (χ0n) is 18.4. The van der Waals surface area contributed by atoms with Crippen molar-refractivity contribution in [3.05, 3.63) is 20.8 Å². The third-order valence-corrected chi connectivity index (χ3v) is 7.81. The van der Waals surface area contributed by atoms with Gasteiger partial charge in [-0.1, -0.05) is 19.3 Å². The molecule has 1 unspecified atom stereocenters. The van der Waals surface area contributed by atoms with Crippen LogP contribution in [0, 0.1) is 11.8 Å². The number of ether oxygens (including phenoxy) is 1. The topological polar surface area (TPSA) is 58.6 Å². The molecule has 2 heterocycles. The van der Waals surface area contributed by atoms with Crippen molar-refractivity contribution in [2.45, 2.75) is 83.8 Å². The molecule has 1 atom stereocenters. The summed E-state index contributed by atoms with van der Waals surface area (Å²) < 4.78 is 6.50. The molecule has 2 amide bonds. The van der Waals surface area contributed by atoms with Crippen LogP contribution >= 0.6 is 27.3 Å². The molecule has 1 saturated heterocycles. The number of hydrogen-bond acceptors (Lipinski definition) is 4. The van der Waals surface area contributed by atoms with Crippen LogP contribution < -0.4 is 5.32 Å². The van der Waals surface area contributed by atoms with Gasteiger partial charge >= 0.3 is 6.09 Å². The number of carbonyl (C=O) groups excluding carboxylic acids is 2. The fourth-order valence-corrected chi connectivity index (χ4v) is 5.91. The van der Waals surface area contributed by atoms with E-state index in [0.717, 1.165) is 41.0 Å². The molecule has 0 radical (unpaired) electrons. The average Bonchev–Trinajstić information content (AvgIpc) is 3.14. The maximum Gasteiger partial charge on any atom is 0.410 e. The number of nitrogens with zero attached hydrogens (tertiary/aromatic N) is 1. The van der Waals surface area contributed by atoms with Crippen molar-refractivity contribution in [3.63, 3.8) is 0 Å². The molecule has 30 heavy (non-hydrogen) atoms. The van der Waals surface area contributed by atoms with Crippen LogP contribution in [-0.2, 0) is 4.74 Å². The number of likely N-dealkylation sites (tertiary alicyclic amines) is 1. The lowest BCUT2D eigenvalue weighted by atomic mass is 9.78. The molecule has 7 heteroatoms. The van der Waals surface area contributed by atoms with Gasteiger partial charge in [0.1, 0.15) is 5.60 Å². The summed E-state index contributed by atoms with van der Waals surface area (Å²) in [4.78, 5) is 27.8. The van der Waals surface area contributed by atoms with Crippen molar-refractivity contribution in [2.24, 2.45) is 11.8 Å². The second-order valence-electron chi connectivity index (χ2n) is 9.73. The molecule has 1 aromatic heterocycles. The highest BCUT2D eigenvalue weighted by Crippen LogP contribution is 2.33. The van der Waals surface area contributed by atoms with Crippen molar-refractivity contribution in [2.75, 3.05) is 13.1 Å². The van der Waals surface area contributed by atoms with E-state index in [0.29, 0.717) is 11.8 Å². The van der Waals surface area contributed by atoms with E-state index in [-0.39, 0.29) is 18.0 Å². The number of thiophene rings is 1. The van der Waals surface area contributed by atoms with Gasteiger partial charge in [0, 0.05) is 19.1 Å². The highest BCUT2D eigenvalue weighted by molar-refractivity contribution is 9.11. The van der Waals surface area contributed by atoms with Crippen LogP contribution in [0.25, 0.3) is 0 Å². The van der Waals surface area contributed by atoms with Crippen molar-refractivity contribution < 1.29 is 14.3 Å². The molecule has 1 aromatic rings. The van der Waals surface area contributed by atoms with Gasteiger partial charge in [0.15, 0.2) is 0 Å². The monoisotopic (exact) mass is 498 g/mol. The minimum Gasteiger partial charge on any atom is -0.444 e. The minimum absolute atomic E-state index is 0.0486. The van der Waals surface area contributed by atoms with E-state index in [4.69, 9.17) is 4.74 Å². The second-order valence-corrected chi connectivity index (χ2v) is 12.2. The zero-order chi connectivity index (χ0) is 21.7. The van der Waals surface area contributed by atoms with Gasteiger partial charge in [0.25, 0.3) is 5.91 Å². The second kappa shape index (κ2) is 10.5. The minimum atomic E-state index is -0.457. The van der Waals surface area contributed by atoms with E-state index in [1.165, 1.54) is 43.4 Å². The van der Waals surface area contributed by atoms with Crippen LogP contribution in [0.4, 0.5) is 4.79 Å². The fourth-order valence-electron chi connectivity index (χ4n) is 4.62. The van der Waals surface area contributed by atoms with Gasteiger partial charge in [0.05, 0.1) is 8.66 Å². The molecule has 1 aliphatic carbocycles. The van der Waals surface area contributed by atoms with E-state index < -0.39 is 5.60 Å². The molecule has 1 aliphatic heterocycles. The summed E-state index contributed by atoms with van der Waals surface area (Å²) in [7, 11) is 0. The average molecular weight is 500 g/mol. The summed E-state index contributed by atoms with van der Waals surface area (Å²) in [5.74, 6) is 1.15. The number of halogens is 1. The maximum absolute atomic E-state index is 12.8. The predicted octanol–water partition coefficient (Wildman–Crippen LogP) is 6.23. The fraction of sp³-hybridized carbons (Fsp3) is 0.739. The summed E-state index contributed by atoms with van der Waals surface area (Å²) in [6.07, 6.45) is 8.99. The Morgan fingerprint density at radius 1 is 1.17 bits per heavy atom. The zero-order valence-corrected chi connectivity index (χ0v) is 20.8. The molecule has 0 bridgehead atoms. The maximum atomic E-state index is 12.8. The van der Waals surface area contributed by atoms with Crippen molar-refractivity contribution >= 4 is 39.3 Å². The van der Waals surface area contributed by atoms with Crippen LogP contribution in [0.1, 0.15) is 81.8 Å². The lowest BCUT2D eigenvalue weighted by molar-refractivity contribution is 0.0174. The smallest absolute Gasteiger partial charge is 0.410 e. The number of amides is 2. The Bertz CT molecular complexity index is 716. The number of hydrogen-bond donors (Lipinski definition) is 1. The number of carbonyl (C=O) groups is 2. The van der Waals surface area contributed by atoms with E-state index in [1.54, 1.807) is 0 Å². The van der Waals surface area contributed by atoms with Crippen molar-refractivity contribution in [1.29, 1.82) is 0 Å². The Kier molecular flexibility index (Phi) is 8.24. The van der Waals surface area contributed by atoms with Gasteiger partial charge in [-0.3, -0.25) is 4.79 Å². The van der Waals surface area contributed by atoms with E-state index in [1.807, 2.05) is 37.8 Å². The largest absolute Gasteiger partial charge is 0.444 e. The first-order chi connectivity index (χ1) is 14.2. The van der Waals surface area contributed by atoms with Crippen LogP contribution in [0.2, 0.25) is 0 Å². The Labute approximate surface area is 193 Å². The number of nitrogens with one attached hydrogen (secondary N) is 1. The quantitative estimate of drug-likeness (QED) is 0.523. The number of piperidine rings is 1. The molecule has 168 valence electrons. The summed E-state index contributed by atoms with van der Waals surface area (Å²) >= 11 is 4.94. The van der Waals surface area contributed by atoms with Gasteiger partial charge in [0.2, 0.25) is 0 Å². The molecule has 0 spiro atoms. The Balaban J connectivity index is 1.57. The van der Waals surface area contributed by atoms with Crippen LogP contribution in [0.5, 0.6) is 0 Å². The van der Waals surface area contributed by atoms with E-state index in [2.05, 4.69) is 21.2 Å². The molecule has 3 rings (SSSR count). The first kappa shape index (κ1) is 23.6. The summed E-state index contributed by atoms with van der Waals surface area (Å²) in [6, 6.07) is 4.04. The molecule has 5 nitrogen and oxygen atoms in total. The highest BCUT2D eigenvalue weighted by Gasteiger charge is 2.32. The third kappa shape index (κ3) is 6.98. The first-order valence-corrected chi connectivity index (χ1v) is 12.9. The lowest BCUT2D eigenvalue weighted by Gasteiger charge is -2.37. The highest BCUT2D eigenvalue weighted by atomic mass is 79.9. The van der Waals surface area contributed by atoms with Crippen molar-refractivity contribution in [3.8, 4) is 0 Å². The van der Waals surface area contributed by atoms with E-state index in [9.17, 15) is 9.59 Å². The standard InChI is InChI=1S/C23H35BrN2O3S/c1-23(2,3)29-22(28)26-13-11-16(12-14-26)15-18(17-7-5-4-6-8-17)25-21(27)19-9-10-20(24)30-19/h9-10,16-18H,4-8,11-15H2,1-3H3,(H,25,27). The summed E-state index contributed by atoms with van der Waals surface area (Å²) in [6.45, 7) is 7.19.